The molecule has 2 aliphatic heterocycles. The van der Waals surface area contributed by atoms with Crippen molar-refractivity contribution in [2.24, 2.45) is 11.8 Å². The van der Waals surface area contributed by atoms with Crippen LogP contribution < -0.4 is 9.05 Å². The number of fused-ring (bicyclic) bond motifs is 1. The second-order valence-electron chi connectivity index (χ2n) is 7.60. The van der Waals surface area contributed by atoms with Gasteiger partial charge in [-0.1, -0.05) is 43.3 Å². The quantitative estimate of drug-likeness (QED) is 0.497. The van der Waals surface area contributed by atoms with Crippen LogP contribution in [0.5, 0.6) is 11.5 Å². The lowest BCUT2D eigenvalue weighted by Gasteiger charge is -2.46. The van der Waals surface area contributed by atoms with E-state index >= 15 is 0 Å². The number of carboxylic acid groups (broad SMARTS) is 1. The molecule has 1 fully saturated rings. The summed E-state index contributed by atoms with van der Waals surface area (Å²) in [5.74, 6) is -2.91. The Morgan fingerprint density at radius 2 is 1.52 bits per heavy atom. The molecule has 2 aromatic rings. The first kappa shape index (κ1) is 21.2. The zero-order valence-corrected chi connectivity index (χ0v) is 17.8. The van der Waals surface area contributed by atoms with Gasteiger partial charge in [0, 0.05) is 5.92 Å². The molecule has 0 saturated carbocycles. The van der Waals surface area contributed by atoms with Crippen LogP contribution in [0.3, 0.4) is 0 Å². The summed E-state index contributed by atoms with van der Waals surface area (Å²) in [5, 5.41) is 19.9. The van der Waals surface area contributed by atoms with E-state index in [0.29, 0.717) is 0 Å². The molecule has 162 valence electrons. The van der Waals surface area contributed by atoms with Crippen molar-refractivity contribution in [1.82, 2.24) is 4.90 Å². The van der Waals surface area contributed by atoms with E-state index in [9.17, 15) is 24.4 Å². The van der Waals surface area contributed by atoms with Crippen LogP contribution in [0, 0.1) is 11.8 Å². The first-order chi connectivity index (χ1) is 14.7. The predicted molar refractivity (Wildman–Crippen MR) is 111 cm³/mol. The molecule has 2 aromatic carbocycles. The van der Waals surface area contributed by atoms with Crippen LogP contribution in [0.2, 0.25) is 0 Å². The number of nitrogens with zero attached hydrogens (tertiary/aromatic N) is 1. The number of β-lactam (4-membered cyclic amide) rings is 1. The molecule has 31 heavy (non-hydrogen) atoms. The molecule has 0 radical (unpaired) electrons. The third-order valence-corrected chi connectivity index (χ3v) is 7.68. The summed E-state index contributed by atoms with van der Waals surface area (Å²) in [4.78, 5) is 25.9. The van der Waals surface area contributed by atoms with Gasteiger partial charge in [0.1, 0.15) is 22.5 Å². The number of aliphatic hydroxyl groups excluding tert-OH is 1. The Morgan fingerprint density at radius 1 is 1.03 bits per heavy atom. The van der Waals surface area contributed by atoms with Gasteiger partial charge in [-0.15, -0.1) is 0 Å². The topological polar surface area (TPSA) is 113 Å². The minimum Gasteiger partial charge on any atom is -0.477 e. The molecule has 0 aliphatic carbocycles. The van der Waals surface area contributed by atoms with Gasteiger partial charge in [0.25, 0.3) is 0 Å². The molecule has 0 aromatic heterocycles. The van der Waals surface area contributed by atoms with Crippen molar-refractivity contribution in [2.45, 2.75) is 26.0 Å². The Bertz CT molecular complexity index is 1040. The molecular formula is C22H22NO7P. The number of hydrogen-bond donors (Lipinski definition) is 2. The van der Waals surface area contributed by atoms with E-state index in [1.54, 1.807) is 67.6 Å². The molecule has 4 atom stereocenters. The Hall–Kier alpha value is -3.09. The van der Waals surface area contributed by atoms with Crippen LogP contribution in [-0.4, -0.2) is 39.1 Å². The molecule has 0 spiro atoms. The lowest BCUT2D eigenvalue weighted by atomic mass is 9.79. The van der Waals surface area contributed by atoms with Crippen LogP contribution in [0.15, 0.2) is 71.7 Å². The van der Waals surface area contributed by atoms with Crippen LogP contribution in [0.25, 0.3) is 0 Å². The molecule has 9 heteroatoms. The van der Waals surface area contributed by atoms with Crippen molar-refractivity contribution in [3.05, 3.63) is 71.7 Å². The molecule has 0 bridgehead atoms. The Morgan fingerprint density at radius 3 is 1.94 bits per heavy atom. The summed E-state index contributed by atoms with van der Waals surface area (Å²) in [6.45, 7) is 3.14. The van der Waals surface area contributed by atoms with Gasteiger partial charge in [-0.25, -0.2) is 9.36 Å². The fraction of sp³-hybridized carbons (Fsp3) is 0.273. The first-order valence-electron chi connectivity index (χ1n) is 9.83. The van der Waals surface area contributed by atoms with E-state index in [1.165, 1.54) is 6.92 Å². The summed E-state index contributed by atoms with van der Waals surface area (Å²) >= 11 is 0. The van der Waals surface area contributed by atoms with E-state index in [0.717, 1.165) is 4.90 Å². The fourth-order valence-corrected chi connectivity index (χ4v) is 6.41. The highest BCUT2D eigenvalue weighted by Gasteiger charge is 2.64. The van der Waals surface area contributed by atoms with Crippen LogP contribution in [0.4, 0.5) is 0 Å². The number of para-hydroxylation sites is 2. The number of hydrogen-bond acceptors (Lipinski definition) is 6. The number of benzene rings is 2. The van der Waals surface area contributed by atoms with Gasteiger partial charge in [0.2, 0.25) is 5.91 Å². The maximum absolute atomic E-state index is 14.2. The van der Waals surface area contributed by atoms with Crippen molar-refractivity contribution in [2.75, 3.05) is 0 Å². The Labute approximate surface area is 179 Å². The number of carbonyl (C=O) groups excluding carboxylic acids is 1. The number of rotatable bonds is 7. The standard InChI is InChI=1S/C22H22NO7P/c1-13-18-17(14(2)24)21(25)23(18)19(22(26)27)20(13)31(28,29-15-9-5-3-6-10-15)30-16-11-7-4-8-12-16/h3-14,17-18,24H,1-2H3,(H,26,27)/t13-,14-,17-,18-/m1/s1. The number of aliphatic hydroxyl groups is 1. The molecule has 1 saturated heterocycles. The normalized spacial score (nSPS) is 23.8. The van der Waals surface area contributed by atoms with Crippen molar-refractivity contribution in [3.63, 3.8) is 0 Å². The summed E-state index contributed by atoms with van der Waals surface area (Å²) in [5.41, 5.74) is -0.408. The second kappa shape index (κ2) is 7.87. The minimum absolute atomic E-state index is 0.0887. The number of amides is 1. The highest BCUT2D eigenvalue weighted by atomic mass is 31.2. The monoisotopic (exact) mass is 443 g/mol. The van der Waals surface area contributed by atoms with Gasteiger partial charge in [-0.05, 0) is 31.2 Å². The largest absolute Gasteiger partial charge is 0.477 e. The van der Waals surface area contributed by atoms with Gasteiger partial charge in [0.15, 0.2) is 0 Å². The minimum atomic E-state index is -4.27. The van der Waals surface area contributed by atoms with Crippen molar-refractivity contribution in [1.29, 1.82) is 0 Å². The molecule has 1 amide bonds. The summed E-state index contributed by atoms with van der Waals surface area (Å²) in [7, 11) is -4.27. The average molecular weight is 443 g/mol. The van der Waals surface area contributed by atoms with Gasteiger partial charge in [0.05, 0.1) is 18.1 Å². The maximum Gasteiger partial charge on any atom is 0.461 e. The van der Waals surface area contributed by atoms with Gasteiger partial charge in [-0.2, -0.15) is 0 Å². The van der Waals surface area contributed by atoms with Crippen molar-refractivity contribution >= 4 is 19.5 Å². The number of carboxylic acids is 1. The van der Waals surface area contributed by atoms with Crippen molar-refractivity contribution in [3.8, 4) is 11.5 Å². The van der Waals surface area contributed by atoms with E-state index < -0.39 is 49.2 Å². The van der Waals surface area contributed by atoms with E-state index in [1.807, 2.05) is 0 Å². The van der Waals surface area contributed by atoms with Crippen molar-refractivity contribution < 1.29 is 33.4 Å². The van der Waals surface area contributed by atoms with E-state index in [-0.39, 0.29) is 16.8 Å². The molecule has 8 nitrogen and oxygen atoms in total. The number of carbonyl (C=O) groups is 2. The Kier molecular flexibility index (Phi) is 5.37. The van der Waals surface area contributed by atoms with Gasteiger partial charge >= 0.3 is 13.6 Å². The molecule has 2 heterocycles. The molecular weight excluding hydrogens is 421 g/mol. The maximum atomic E-state index is 14.2. The molecule has 2 aliphatic rings. The van der Waals surface area contributed by atoms with Crippen LogP contribution in [0.1, 0.15) is 13.8 Å². The number of aliphatic carboxylic acids is 1. The zero-order chi connectivity index (χ0) is 22.3. The third kappa shape index (κ3) is 3.52. The SMILES string of the molecule is C[C@@H](O)[C@H]1C(=O)N2C(C(=O)O)=C(P(=O)(Oc3ccccc3)Oc3ccccc3)[C@H](C)[C@H]12. The molecule has 0 unspecified atom stereocenters. The first-order valence-corrected chi connectivity index (χ1v) is 11.4. The Balaban J connectivity index is 1.84. The lowest BCUT2D eigenvalue weighted by Crippen LogP contribution is -2.63. The van der Waals surface area contributed by atoms with Gasteiger partial charge < -0.3 is 24.2 Å². The highest BCUT2D eigenvalue weighted by molar-refractivity contribution is 7.59. The predicted octanol–water partition coefficient (Wildman–Crippen LogP) is 3.49. The molecule has 2 N–H and O–H groups in total. The summed E-state index contributed by atoms with van der Waals surface area (Å²) < 4.78 is 25.8. The highest BCUT2D eigenvalue weighted by Crippen LogP contribution is 2.64. The van der Waals surface area contributed by atoms with Crippen LogP contribution in [-0.2, 0) is 14.2 Å². The zero-order valence-electron chi connectivity index (χ0n) is 16.9. The summed E-state index contributed by atoms with van der Waals surface area (Å²) in [6.07, 6.45) is -0.977. The lowest BCUT2D eigenvalue weighted by molar-refractivity contribution is -0.163. The third-order valence-electron chi connectivity index (χ3n) is 5.57. The average Bonchev–Trinajstić information content (AvgIpc) is 2.98. The second-order valence-corrected chi connectivity index (χ2v) is 9.44. The van der Waals surface area contributed by atoms with E-state index in [4.69, 9.17) is 9.05 Å². The molecule has 4 rings (SSSR count). The summed E-state index contributed by atoms with van der Waals surface area (Å²) in [6, 6.07) is 16.0. The fourth-order valence-electron chi connectivity index (χ4n) is 4.27. The van der Waals surface area contributed by atoms with Crippen LogP contribution >= 0.6 is 7.60 Å². The smallest absolute Gasteiger partial charge is 0.461 e. The van der Waals surface area contributed by atoms with E-state index in [2.05, 4.69) is 0 Å². The van der Waals surface area contributed by atoms with Gasteiger partial charge in [-0.3, -0.25) is 4.79 Å².